The molecule has 0 bridgehead atoms. The second-order valence-electron chi connectivity index (χ2n) is 6.63. The highest BCUT2D eigenvalue weighted by Crippen LogP contribution is 2.17. The Balaban J connectivity index is 2.28. The number of carboxylic acid groups (broad SMARTS) is 1. The fourth-order valence-corrected chi connectivity index (χ4v) is 2.27. The summed E-state index contributed by atoms with van der Waals surface area (Å²) in [7, 11) is 0. The predicted octanol–water partition coefficient (Wildman–Crippen LogP) is 1.25. The summed E-state index contributed by atoms with van der Waals surface area (Å²) in [5, 5.41) is 11.8. The van der Waals surface area contributed by atoms with Crippen LogP contribution in [0.25, 0.3) is 0 Å². The minimum Gasteiger partial charge on any atom is -0.481 e. The van der Waals surface area contributed by atoms with E-state index in [1.165, 1.54) is 0 Å². The van der Waals surface area contributed by atoms with Gasteiger partial charge in [-0.25, -0.2) is 0 Å². The molecule has 0 aromatic heterocycles. The number of nitrogens with zero attached hydrogens (tertiary/aromatic N) is 1. The lowest BCUT2D eigenvalue weighted by molar-refractivity contribution is -0.145. The molecule has 0 aromatic carbocycles. The number of carbonyl (C=O) groups excluding carboxylic acids is 2. The Hall–Kier alpha value is -1.59. The molecule has 0 aromatic rings. The average molecular weight is 298 g/mol. The van der Waals surface area contributed by atoms with Gasteiger partial charge < -0.3 is 15.3 Å². The van der Waals surface area contributed by atoms with E-state index in [2.05, 4.69) is 5.32 Å². The van der Waals surface area contributed by atoms with Crippen LogP contribution in [0.4, 0.5) is 0 Å². The zero-order valence-corrected chi connectivity index (χ0v) is 13.1. The molecule has 1 rings (SSSR count). The maximum absolute atomic E-state index is 12.0. The highest BCUT2D eigenvalue weighted by Gasteiger charge is 2.27. The lowest BCUT2D eigenvalue weighted by Crippen LogP contribution is -2.42. The molecule has 6 nitrogen and oxygen atoms in total. The number of amides is 2. The first kappa shape index (κ1) is 17.5. The standard InChI is InChI=1S/C15H26N2O4/c1-15(2,3)14(21)16-8-4-7-12(18)17-9-5-6-11(10-17)13(19)20/h11H,4-10H2,1-3H3,(H,16,21)(H,19,20). The van der Waals surface area contributed by atoms with Crippen LogP contribution in [0.5, 0.6) is 0 Å². The summed E-state index contributed by atoms with van der Waals surface area (Å²) in [6, 6.07) is 0. The van der Waals surface area contributed by atoms with E-state index in [0.29, 0.717) is 38.9 Å². The van der Waals surface area contributed by atoms with E-state index in [1.54, 1.807) is 4.90 Å². The Kier molecular flexibility index (Phi) is 6.18. The van der Waals surface area contributed by atoms with Gasteiger partial charge in [0.1, 0.15) is 0 Å². The molecule has 1 unspecified atom stereocenters. The van der Waals surface area contributed by atoms with Crippen LogP contribution in [0.1, 0.15) is 46.5 Å². The second-order valence-corrected chi connectivity index (χ2v) is 6.63. The van der Waals surface area contributed by atoms with Crippen LogP contribution in [-0.4, -0.2) is 47.4 Å². The maximum Gasteiger partial charge on any atom is 0.308 e. The van der Waals surface area contributed by atoms with Crippen LogP contribution in [-0.2, 0) is 14.4 Å². The van der Waals surface area contributed by atoms with Crippen molar-refractivity contribution in [2.75, 3.05) is 19.6 Å². The molecule has 0 radical (unpaired) electrons. The third kappa shape index (κ3) is 5.73. The SMILES string of the molecule is CC(C)(C)C(=O)NCCCC(=O)N1CCCC(C(=O)O)C1. The van der Waals surface area contributed by atoms with Crippen LogP contribution >= 0.6 is 0 Å². The molecule has 1 aliphatic heterocycles. The van der Waals surface area contributed by atoms with Gasteiger partial charge in [-0.1, -0.05) is 20.8 Å². The fraction of sp³-hybridized carbons (Fsp3) is 0.800. The van der Waals surface area contributed by atoms with Crippen molar-refractivity contribution in [2.45, 2.75) is 46.5 Å². The van der Waals surface area contributed by atoms with Gasteiger partial charge in [0.05, 0.1) is 5.92 Å². The predicted molar refractivity (Wildman–Crippen MR) is 78.6 cm³/mol. The van der Waals surface area contributed by atoms with Crippen molar-refractivity contribution in [1.29, 1.82) is 0 Å². The molecule has 2 amide bonds. The number of nitrogens with one attached hydrogen (secondary N) is 1. The summed E-state index contributed by atoms with van der Waals surface area (Å²) in [4.78, 5) is 36.3. The van der Waals surface area contributed by atoms with Gasteiger partial charge in [0.15, 0.2) is 0 Å². The Morgan fingerprint density at radius 2 is 1.95 bits per heavy atom. The van der Waals surface area contributed by atoms with Crippen LogP contribution in [0.3, 0.4) is 0 Å². The Morgan fingerprint density at radius 3 is 2.52 bits per heavy atom. The molecule has 1 aliphatic rings. The monoisotopic (exact) mass is 298 g/mol. The van der Waals surface area contributed by atoms with Crippen LogP contribution in [0, 0.1) is 11.3 Å². The summed E-state index contributed by atoms with van der Waals surface area (Å²) in [6.45, 7) is 6.94. The Morgan fingerprint density at radius 1 is 1.29 bits per heavy atom. The molecule has 6 heteroatoms. The molecule has 1 atom stereocenters. The molecule has 21 heavy (non-hydrogen) atoms. The first-order chi connectivity index (χ1) is 9.71. The van der Waals surface area contributed by atoms with E-state index in [0.717, 1.165) is 6.42 Å². The molecule has 1 heterocycles. The largest absolute Gasteiger partial charge is 0.481 e. The van der Waals surface area contributed by atoms with Gasteiger partial charge in [-0.3, -0.25) is 14.4 Å². The minimum atomic E-state index is -0.829. The topological polar surface area (TPSA) is 86.7 Å². The molecule has 0 aliphatic carbocycles. The van der Waals surface area contributed by atoms with E-state index >= 15 is 0 Å². The summed E-state index contributed by atoms with van der Waals surface area (Å²) >= 11 is 0. The Bertz CT molecular complexity index is 401. The van der Waals surface area contributed by atoms with Gasteiger partial charge >= 0.3 is 5.97 Å². The Labute approximate surface area is 125 Å². The summed E-state index contributed by atoms with van der Waals surface area (Å²) < 4.78 is 0. The van der Waals surface area contributed by atoms with Crippen molar-refractivity contribution in [1.82, 2.24) is 10.2 Å². The van der Waals surface area contributed by atoms with Crippen molar-refractivity contribution >= 4 is 17.8 Å². The average Bonchev–Trinajstić information content (AvgIpc) is 2.42. The number of likely N-dealkylation sites (tertiary alicyclic amines) is 1. The molecule has 1 fully saturated rings. The highest BCUT2D eigenvalue weighted by atomic mass is 16.4. The zero-order valence-electron chi connectivity index (χ0n) is 13.1. The highest BCUT2D eigenvalue weighted by molar-refractivity contribution is 5.81. The zero-order chi connectivity index (χ0) is 16.0. The van der Waals surface area contributed by atoms with E-state index < -0.39 is 17.3 Å². The number of aliphatic carboxylic acids is 1. The molecule has 120 valence electrons. The lowest BCUT2D eigenvalue weighted by Gasteiger charge is -2.30. The summed E-state index contributed by atoms with van der Waals surface area (Å²) in [5.74, 6) is -1.32. The second kappa shape index (κ2) is 7.43. The summed E-state index contributed by atoms with van der Waals surface area (Å²) in [6.07, 6.45) is 2.30. The van der Waals surface area contributed by atoms with Crippen molar-refractivity contribution in [3.05, 3.63) is 0 Å². The number of rotatable bonds is 5. The molecule has 0 spiro atoms. The van der Waals surface area contributed by atoms with Gasteiger partial charge in [0.2, 0.25) is 11.8 Å². The van der Waals surface area contributed by atoms with E-state index in [9.17, 15) is 14.4 Å². The van der Waals surface area contributed by atoms with Crippen molar-refractivity contribution in [2.24, 2.45) is 11.3 Å². The molecule has 2 N–H and O–H groups in total. The lowest BCUT2D eigenvalue weighted by atomic mass is 9.95. The van der Waals surface area contributed by atoms with Gasteiger partial charge in [0, 0.05) is 31.5 Å². The molecule has 1 saturated heterocycles. The maximum atomic E-state index is 12.0. The van der Waals surface area contributed by atoms with E-state index in [-0.39, 0.29) is 11.8 Å². The van der Waals surface area contributed by atoms with Crippen molar-refractivity contribution in [3.63, 3.8) is 0 Å². The fourth-order valence-electron chi connectivity index (χ4n) is 2.27. The van der Waals surface area contributed by atoms with Crippen LogP contribution < -0.4 is 5.32 Å². The van der Waals surface area contributed by atoms with Gasteiger partial charge in [0.25, 0.3) is 0 Å². The van der Waals surface area contributed by atoms with E-state index in [4.69, 9.17) is 5.11 Å². The molecular weight excluding hydrogens is 272 g/mol. The van der Waals surface area contributed by atoms with Crippen LogP contribution in [0.2, 0.25) is 0 Å². The van der Waals surface area contributed by atoms with Crippen molar-refractivity contribution < 1.29 is 19.5 Å². The third-order valence-electron chi connectivity index (χ3n) is 3.66. The quantitative estimate of drug-likeness (QED) is 0.748. The number of carbonyl (C=O) groups is 3. The summed E-state index contributed by atoms with van der Waals surface area (Å²) in [5.41, 5.74) is -0.425. The minimum absolute atomic E-state index is 0.0223. The number of hydrogen-bond acceptors (Lipinski definition) is 3. The van der Waals surface area contributed by atoms with Gasteiger partial charge in [-0.05, 0) is 19.3 Å². The van der Waals surface area contributed by atoms with Crippen molar-refractivity contribution in [3.8, 4) is 0 Å². The van der Waals surface area contributed by atoms with Gasteiger partial charge in [-0.15, -0.1) is 0 Å². The first-order valence-electron chi connectivity index (χ1n) is 7.50. The first-order valence-corrected chi connectivity index (χ1v) is 7.50. The number of carboxylic acids is 1. The van der Waals surface area contributed by atoms with E-state index in [1.807, 2.05) is 20.8 Å². The number of hydrogen-bond donors (Lipinski definition) is 2. The molecule has 0 saturated carbocycles. The normalized spacial score (nSPS) is 19.2. The van der Waals surface area contributed by atoms with Gasteiger partial charge in [-0.2, -0.15) is 0 Å². The smallest absolute Gasteiger partial charge is 0.308 e. The molecular formula is C15H26N2O4. The third-order valence-corrected chi connectivity index (χ3v) is 3.66. The number of piperidine rings is 1. The van der Waals surface area contributed by atoms with Crippen LogP contribution in [0.15, 0.2) is 0 Å².